The van der Waals surface area contributed by atoms with E-state index in [4.69, 9.17) is 5.73 Å². The lowest BCUT2D eigenvalue weighted by molar-refractivity contribution is 1.09. The first-order valence-electron chi connectivity index (χ1n) is 5.35. The van der Waals surface area contributed by atoms with Gasteiger partial charge in [0.15, 0.2) is 0 Å². The summed E-state index contributed by atoms with van der Waals surface area (Å²) in [5.41, 5.74) is 10.1. The molecule has 4 heteroatoms. The molecule has 1 aromatic heterocycles. The molecule has 0 saturated heterocycles. The van der Waals surface area contributed by atoms with E-state index in [0.29, 0.717) is 0 Å². The van der Waals surface area contributed by atoms with Gasteiger partial charge in [0.05, 0.1) is 11.4 Å². The average molecular weight is 339 g/mol. The molecule has 0 saturated carbocycles. The Bertz CT molecular complexity index is 526. The molecule has 3 N–H and O–H groups in total. The molecule has 2 rings (SSSR count). The van der Waals surface area contributed by atoms with E-state index >= 15 is 0 Å². The predicted molar refractivity (Wildman–Crippen MR) is 79.9 cm³/mol. The van der Waals surface area contributed by atoms with Gasteiger partial charge in [-0.2, -0.15) is 0 Å². The van der Waals surface area contributed by atoms with Crippen LogP contribution in [0, 0.1) is 10.5 Å². The molecule has 17 heavy (non-hydrogen) atoms. The van der Waals surface area contributed by atoms with Crippen LogP contribution < -0.4 is 11.1 Å². The molecule has 1 aromatic carbocycles. The lowest BCUT2D eigenvalue weighted by Gasteiger charge is -2.11. The number of aryl methyl sites for hydroxylation is 1. The second kappa shape index (κ2) is 5.35. The number of nitrogens with zero attached hydrogens (tertiary/aromatic N) is 1. The van der Waals surface area contributed by atoms with Gasteiger partial charge in [0.2, 0.25) is 0 Å². The van der Waals surface area contributed by atoms with E-state index in [1.165, 1.54) is 11.1 Å². The minimum Gasteiger partial charge on any atom is -0.397 e. The van der Waals surface area contributed by atoms with Crippen LogP contribution in [0.3, 0.4) is 0 Å². The third-order valence-electron chi connectivity index (χ3n) is 2.62. The fraction of sp³-hybridized carbons (Fsp3) is 0.154. The highest BCUT2D eigenvalue weighted by Crippen LogP contribution is 2.21. The van der Waals surface area contributed by atoms with Gasteiger partial charge in [-0.25, -0.2) is 0 Å². The van der Waals surface area contributed by atoms with Gasteiger partial charge in [0.1, 0.15) is 0 Å². The summed E-state index contributed by atoms with van der Waals surface area (Å²) in [5.74, 6) is 0. The molecule has 0 fully saturated rings. The number of aromatic nitrogens is 1. The molecular formula is C13H14IN3. The molecule has 2 aromatic rings. The van der Waals surface area contributed by atoms with Gasteiger partial charge in [-0.05, 0) is 64.9 Å². The van der Waals surface area contributed by atoms with Crippen LogP contribution in [-0.2, 0) is 6.54 Å². The van der Waals surface area contributed by atoms with Gasteiger partial charge in [0.25, 0.3) is 0 Å². The standard InChI is InChI=1S/C13H14IN3/c1-9-7-16-5-4-10(9)8-17-13-3-2-11(14)6-12(13)15/h2-7,17H,8,15H2,1H3. The van der Waals surface area contributed by atoms with E-state index in [2.05, 4.69) is 39.8 Å². The van der Waals surface area contributed by atoms with Crippen molar-refractivity contribution in [1.29, 1.82) is 0 Å². The smallest absolute Gasteiger partial charge is 0.0577 e. The topological polar surface area (TPSA) is 50.9 Å². The molecule has 0 amide bonds. The van der Waals surface area contributed by atoms with Crippen molar-refractivity contribution >= 4 is 34.0 Å². The molecule has 0 radical (unpaired) electrons. The number of hydrogen-bond donors (Lipinski definition) is 2. The highest BCUT2D eigenvalue weighted by Gasteiger charge is 2.01. The van der Waals surface area contributed by atoms with Crippen LogP contribution in [0.1, 0.15) is 11.1 Å². The third kappa shape index (κ3) is 3.09. The molecule has 0 aliphatic heterocycles. The fourth-order valence-electron chi connectivity index (χ4n) is 1.59. The first-order chi connectivity index (χ1) is 8.16. The van der Waals surface area contributed by atoms with Crippen molar-refractivity contribution in [3.05, 3.63) is 51.4 Å². The summed E-state index contributed by atoms with van der Waals surface area (Å²) >= 11 is 2.25. The Morgan fingerprint density at radius 2 is 2.18 bits per heavy atom. The predicted octanol–water partition coefficient (Wildman–Crippen LogP) is 3.19. The molecule has 3 nitrogen and oxygen atoms in total. The summed E-state index contributed by atoms with van der Waals surface area (Å²) < 4.78 is 1.14. The van der Waals surface area contributed by atoms with Crippen molar-refractivity contribution < 1.29 is 0 Å². The molecular weight excluding hydrogens is 325 g/mol. The molecule has 0 bridgehead atoms. The molecule has 88 valence electrons. The highest BCUT2D eigenvalue weighted by molar-refractivity contribution is 14.1. The monoisotopic (exact) mass is 339 g/mol. The van der Waals surface area contributed by atoms with Crippen LogP contribution >= 0.6 is 22.6 Å². The zero-order valence-corrected chi connectivity index (χ0v) is 11.7. The number of nitrogen functional groups attached to an aromatic ring is 1. The molecule has 0 atom stereocenters. The Balaban J connectivity index is 2.10. The van der Waals surface area contributed by atoms with E-state index in [-0.39, 0.29) is 0 Å². The van der Waals surface area contributed by atoms with E-state index in [0.717, 1.165) is 21.5 Å². The fourth-order valence-corrected chi connectivity index (χ4v) is 2.10. The van der Waals surface area contributed by atoms with Gasteiger partial charge in [-0.15, -0.1) is 0 Å². The number of benzene rings is 1. The largest absolute Gasteiger partial charge is 0.397 e. The number of anilines is 2. The van der Waals surface area contributed by atoms with Gasteiger partial charge >= 0.3 is 0 Å². The van der Waals surface area contributed by atoms with Crippen molar-refractivity contribution in [1.82, 2.24) is 4.98 Å². The third-order valence-corrected chi connectivity index (χ3v) is 3.29. The van der Waals surface area contributed by atoms with Gasteiger partial charge < -0.3 is 11.1 Å². The number of nitrogens with one attached hydrogen (secondary N) is 1. The average Bonchev–Trinajstić information content (AvgIpc) is 2.30. The Labute approximate surface area is 115 Å². The SMILES string of the molecule is Cc1cnccc1CNc1ccc(I)cc1N. The van der Waals surface area contributed by atoms with Crippen molar-refractivity contribution in [2.75, 3.05) is 11.1 Å². The van der Waals surface area contributed by atoms with Crippen molar-refractivity contribution in [3.63, 3.8) is 0 Å². The van der Waals surface area contributed by atoms with Crippen molar-refractivity contribution in [3.8, 4) is 0 Å². The summed E-state index contributed by atoms with van der Waals surface area (Å²) in [6.07, 6.45) is 3.68. The summed E-state index contributed by atoms with van der Waals surface area (Å²) in [4.78, 5) is 4.08. The minimum absolute atomic E-state index is 0.763. The second-order valence-electron chi connectivity index (χ2n) is 3.89. The first-order valence-corrected chi connectivity index (χ1v) is 6.43. The number of nitrogens with two attached hydrogens (primary N) is 1. The Morgan fingerprint density at radius 3 is 2.88 bits per heavy atom. The normalized spacial score (nSPS) is 10.2. The van der Waals surface area contributed by atoms with Crippen LogP contribution in [0.5, 0.6) is 0 Å². The van der Waals surface area contributed by atoms with Gasteiger partial charge in [0, 0.05) is 22.5 Å². The zero-order chi connectivity index (χ0) is 12.3. The molecule has 0 aliphatic carbocycles. The summed E-state index contributed by atoms with van der Waals surface area (Å²) in [7, 11) is 0. The number of hydrogen-bond acceptors (Lipinski definition) is 3. The lowest BCUT2D eigenvalue weighted by Crippen LogP contribution is -2.04. The van der Waals surface area contributed by atoms with Crippen LogP contribution in [0.4, 0.5) is 11.4 Å². The number of pyridine rings is 1. The van der Waals surface area contributed by atoms with E-state index in [1.807, 2.05) is 30.5 Å². The Morgan fingerprint density at radius 1 is 1.35 bits per heavy atom. The lowest BCUT2D eigenvalue weighted by atomic mass is 10.1. The van der Waals surface area contributed by atoms with E-state index in [9.17, 15) is 0 Å². The Hall–Kier alpha value is -1.30. The molecule has 0 spiro atoms. The van der Waals surface area contributed by atoms with E-state index in [1.54, 1.807) is 6.20 Å². The van der Waals surface area contributed by atoms with Crippen LogP contribution in [0.25, 0.3) is 0 Å². The van der Waals surface area contributed by atoms with Gasteiger partial charge in [-0.3, -0.25) is 4.98 Å². The second-order valence-corrected chi connectivity index (χ2v) is 5.13. The number of rotatable bonds is 3. The first kappa shape index (κ1) is 12.2. The quantitative estimate of drug-likeness (QED) is 0.667. The van der Waals surface area contributed by atoms with Crippen LogP contribution in [0.2, 0.25) is 0 Å². The molecule has 0 aliphatic rings. The maximum absolute atomic E-state index is 5.94. The molecule has 0 unspecified atom stereocenters. The summed E-state index contributed by atoms with van der Waals surface area (Å²) in [6, 6.07) is 8.03. The van der Waals surface area contributed by atoms with Crippen molar-refractivity contribution in [2.45, 2.75) is 13.5 Å². The summed E-state index contributed by atoms with van der Waals surface area (Å²) in [6.45, 7) is 2.82. The maximum Gasteiger partial charge on any atom is 0.0577 e. The molecule has 1 heterocycles. The van der Waals surface area contributed by atoms with Crippen LogP contribution in [0.15, 0.2) is 36.7 Å². The maximum atomic E-state index is 5.94. The zero-order valence-electron chi connectivity index (χ0n) is 9.57. The Kier molecular flexibility index (Phi) is 3.83. The summed E-state index contributed by atoms with van der Waals surface area (Å²) in [5, 5.41) is 3.34. The van der Waals surface area contributed by atoms with Gasteiger partial charge in [-0.1, -0.05) is 0 Å². The highest BCUT2D eigenvalue weighted by atomic mass is 127. The number of halogens is 1. The van der Waals surface area contributed by atoms with Crippen molar-refractivity contribution in [2.24, 2.45) is 0 Å². The minimum atomic E-state index is 0.763. The van der Waals surface area contributed by atoms with E-state index < -0.39 is 0 Å². The van der Waals surface area contributed by atoms with Crippen LogP contribution in [-0.4, -0.2) is 4.98 Å².